The first-order valence-corrected chi connectivity index (χ1v) is 5.42. The van der Waals surface area contributed by atoms with Crippen molar-refractivity contribution in [2.45, 2.75) is 67.9 Å². The molecule has 14 heavy (non-hydrogen) atoms. The van der Waals surface area contributed by atoms with Gasteiger partial charge in [-0.15, -0.1) is 0 Å². The van der Waals surface area contributed by atoms with Crippen molar-refractivity contribution in [1.82, 2.24) is 0 Å². The molecule has 0 rings (SSSR count). The van der Waals surface area contributed by atoms with Crippen LogP contribution in [0.25, 0.3) is 0 Å². The highest BCUT2D eigenvalue weighted by Crippen LogP contribution is 2.18. The third kappa shape index (κ3) is 8.28. The maximum Gasteiger partial charge on any atom is 0.156 e. The first-order valence-electron chi connectivity index (χ1n) is 5.42. The van der Waals surface area contributed by atoms with E-state index in [4.69, 9.17) is 0 Å². The summed E-state index contributed by atoms with van der Waals surface area (Å²) in [6.07, 6.45) is 3.39. The molecular formula is C13H32N+. The maximum absolute atomic E-state index is 2.28. The van der Waals surface area contributed by atoms with Crippen LogP contribution in [0, 0.1) is 5.92 Å². The van der Waals surface area contributed by atoms with Gasteiger partial charge >= 0.3 is 0 Å². The molecule has 0 saturated heterocycles. The number of hydrogen-bond acceptors (Lipinski definition) is 0. The minimum Gasteiger partial charge on any atom is -0.238 e. The highest BCUT2D eigenvalue weighted by atomic mass is 15.0. The van der Waals surface area contributed by atoms with Gasteiger partial charge in [0.1, 0.15) is 13.3 Å². The average Bonchev–Trinajstić information content (AvgIpc) is 2.04. The first kappa shape index (κ1) is 19.3. The molecule has 0 spiro atoms. The van der Waals surface area contributed by atoms with Gasteiger partial charge in [-0.25, -0.2) is 4.58 Å². The minimum atomic E-state index is 0. The van der Waals surface area contributed by atoms with Crippen LogP contribution in [-0.2, 0) is 0 Å². The van der Waals surface area contributed by atoms with E-state index in [1.165, 1.54) is 6.42 Å². The molecule has 0 aliphatic rings. The molecule has 1 heteroatoms. The molecule has 0 aliphatic carbocycles. The van der Waals surface area contributed by atoms with E-state index in [1.807, 2.05) is 13.8 Å². The van der Waals surface area contributed by atoms with Gasteiger partial charge in [-0.1, -0.05) is 35.1 Å². The number of rotatable bonds is 3. The standard InChI is InChI=1S/C10H22N.C2H6.CH4/c1-7-11(6)10(4,5)8-9(2)3;1-2;/h7,9H,8H2,1-6H3;1-2H3;1H4/q+1;;. The van der Waals surface area contributed by atoms with Crippen molar-refractivity contribution in [1.29, 1.82) is 0 Å². The van der Waals surface area contributed by atoms with Crippen LogP contribution in [0.1, 0.15) is 62.3 Å². The normalized spacial score (nSPS) is 11.6. The van der Waals surface area contributed by atoms with Gasteiger partial charge in [0.15, 0.2) is 5.54 Å². The fourth-order valence-corrected chi connectivity index (χ4v) is 1.49. The van der Waals surface area contributed by atoms with Crippen LogP contribution in [0.2, 0.25) is 0 Å². The Balaban J connectivity index is -0.000000376. The summed E-state index contributed by atoms with van der Waals surface area (Å²) < 4.78 is 2.28. The summed E-state index contributed by atoms with van der Waals surface area (Å²) in [7, 11) is 2.14. The Bertz CT molecular complexity index is 143. The Labute approximate surface area is 92.2 Å². The smallest absolute Gasteiger partial charge is 0.156 e. The lowest BCUT2D eigenvalue weighted by atomic mass is 9.92. The first-order chi connectivity index (χ1) is 5.90. The van der Waals surface area contributed by atoms with Gasteiger partial charge in [-0.3, -0.25) is 0 Å². The Morgan fingerprint density at radius 2 is 1.57 bits per heavy atom. The maximum atomic E-state index is 2.28. The van der Waals surface area contributed by atoms with Gasteiger partial charge < -0.3 is 0 Å². The van der Waals surface area contributed by atoms with E-state index in [9.17, 15) is 0 Å². The molecule has 0 N–H and O–H groups in total. The van der Waals surface area contributed by atoms with Crippen LogP contribution >= 0.6 is 0 Å². The van der Waals surface area contributed by atoms with Crippen molar-refractivity contribution in [3.63, 3.8) is 0 Å². The van der Waals surface area contributed by atoms with Crippen molar-refractivity contribution >= 4 is 6.21 Å². The van der Waals surface area contributed by atoms with Crippen molar-refractivity contribution in [3.05, 3.63) is 0 Å². The molecule has 0 aromatic carbocycles. The van der Waals surface area contributed by atoms with E-state index in [2.05, 4.69) is 52.5 Å². The second-order valence-electron chi connectivity index (χ2n) is 4.28. The summed E-state index contributed by atoms with van der Waals surface area (Å²) in [6.45, 7) is 15.2. The second kappa shape index (κ2) is 9.23. The average molecular weight is 202 g/mol. The lowest BCUT2D eigenvalue weighted by Crippen LogP contribution is -2.35. The summed E-state index contributed by atoms with van der Waals surface area (Å²) >= 11 is 0. The molecule has 0 aromatic heterocycles. The molecule has 0 aromatic rings. The van der Waals surface area contributed by atoms with Crippen molar-refractivity contribution < 1.29 is 4.58 Å². The second-order valence-corrected chi connectivity index (χ2v) is 4.28. The third-order valence-electron chi connectivity index (χ3n) is 2.25. The zero-order valence-corrected chi connectivity index (χ0v) is 10.8. The third-order valence-corrected chi connectivity index (χ3v) is 2.25. The van der Waals surface area contributed by atoms with Crippen LogP contribution in [0.5, 0.6) is 0 Å². The van der Waals surface area contributed by atoms with E-state index in [0.717, 1.165) is 5.92 Å². The molecule has 0 heterocycles. The topological polar surface area (TPSA) is 3.01 Å². The number of nitrogens with zero attached hydrogens (tertiary/aromatic N) is 1. The summed E-state index contributed by atoms with van der Waals surface area (Å²) in [5, 5.41) is 0. The van der Waals surface area contributed by atoms with E-state index >= 15 is 0 Å². The molecule has 0 unspecified atom stereocenters. The predicted octanol–water partition coefficient (Wildman–Crippen LogP) is 4.21. The van der Waals surface area contributed by atoms with Crippen LogP contribution < -0.4 is 0 Å². The van der Waals surface area contributed by atoms with Crippen LogP contribution in [0.15, 0.2) is 0 Å². The molecule has 0 fully saturated rings. The van der Waals surface area contributed by atoms with E-state index in [1.54, 1.807) is 0 Å². The molecule has 1 nitrogen and oxygen atoms in total. The SMILES string of the molecule is C.CC.CC=[N+](C)C(C)(C)CC(C)C. The van der Waals surface area contributed by atoms with Gasteiger partial charge in [0.25, 0.3) is 0 Å². The Morgan fingerprint density at radius 3 is 1.79 bits per heavy atom. The van der Waals surface area contributed by atoms with E-state index in [-0.39, 0.29) is 7.43 Å². The quantitative estimate of drug-likeness (QED) is 0.476. The highest BCUT2D eigenvalue weighted by Gasteiger charge is 2.27. The van der Waals surface area contributed by atoms with Gasteiger partial charge in [0.2, 0.25) is 0 Å². The van der Waals surface area contributed by atoms with Crippen LogP contribution in [0.4, 0.5) is 0 Å². The zero-order chi connectivity index (χ0) is 11.1. The molecule has 0 bridgehead atoms. The highest BCUT2D eigenvalue weighted by molar-refractivity contribution is 5.46. The lowest BCUT2D eigenvalue weighted by molar-refractivity contribution is -0.573. The van der Waals surface area contributed by atoms with Crippen LogP contribution in [0.3, 0.4) is 0 Å². The Hall–Kier alpha value is -0.330. The zero-order valence-electron chi connectivity index (χ0n) is 10.8. The summed E-state index contributed by atoms with van der Waals surface area (Å²) in [6, 6.07) is 0. The molecule has 0 saturated carbocycles. The van der Waals surface area contributed by atoms with Gasteiger partial charge in [-0.05, 0) is 19.8 Å². The minimum absolute atomic E-state index is 0. The summed E-state index contributed by atoms with van der Waals surface area (Å²) in [5.74, 6) is 0.771. The molecular weight excluding hydrogens is 170 g/mol. The van der Waals surface area contributed by atoms with Crippen molar-refractivity contribution in [2.24, 2.45) is 5.92 Å². The molecule has 0 atom stereocenters. The molecule has 0 amide bonds. The number of hydrogen-bond donors (Lipinski definition) is 0. The van der Waals surface area contributed by atoms with Gasteiger partial charge in [-0.2, -0.15) is 0 Å². The lowest BCUT2D eigenvalue weighted by Gasteiger charge is -2.22. The van der Waals surface area contributed by atoms with Gasteiger partial charge in [0, 0.05) is 13.3 Å². The Kier molecular flexibility index (Phi) is 12.7. The largest absolute Gasteiger partial charge is 0.238 e. The summed E-state index contributed by atoms with van der Waals surface area (Å²) in [4.78, 5) is 0. The molecule has 0 radical (unpaired) electrons. The fourth-order valence-electron chi connectivity index (χ4n) is 1.49. The van der Waals surface area contributed by atoms with Crippen molar-refractivity contribution in [2.75, 3.05) is 7.05 Å². The van der Waals surface area contributed by atoms with E-state index in [0.29, 0.717) is 5.54 Å². The predicted molar refractivity (Wildman–Crippen MR) is 69.5 cm³/mol. The molecule has 88 valence electrons. The molecule has 0 aliphatic heterocycles. The van der Waals surface area contributed by atoms with E-state index < -0.39 is 0 Å². The monoisotopic (exact) mass is 202 g/mol. The fraction of sp³-hybridized carbons (Fsp3) is 0.923. The van der Waals surface area contributed by atoms with Crippen molar-refractivity contribution in [3.8, 4) is 0 Å². The Morgan fingerprint density at radius 1 is 1.21 bits per heavy atom. The van der Waals surface area contributed by atoms with Gasteiger partial charge in [0.05, 0.1) is 0 Å². The summed E-state index contributed by atoms with van der Waals surface area (Å²) in [5.41, 5.74) is 0.308. The van der Waals surface area contributed by atoms with Crippen LogP contribution in [-0.4, -0.2) is 23.4 Å².